The highest BCUT2D eigenvalue weighted by atomic mass is 32.2. The van der Waals surface area contributed by atoms with Gasteiger partial charge < -0.3 is 15.4 Å². The van der Waals surface area contributed by atoms with Gasteiger partial charge in [-0.2, -0.15) is 0 Å². The summed E-state index contributed by atoms with van der Waals surface area (Å²) in [5.41, 5.74) is 2.29. The Morgan fingerprint density at radius 1 is 1.06 bits per heavy atom. The number of ether oxygens (including phenoxy) is 1. The standard InChI is InChI=1S/C22H20N6O3S2/c1-28-22(25-26-27-28)33-14-20(29)23-17-5-2-4-15(12-17)13-31-18-9-7-16(8-10-18)24-21(30)19-6-3-11-32-19/h2-12H,13-14H2,1H3,(H,23,29)(H,24,30). The van der Waals surface area contributed by atoms with Gasteiger partial charge in [0.25, 0.3) is 5.91 Å². The van der Waals surface area contributed by atoms with E-state index in [1.807, 2.05) is 35.7 Å². The molecule has 0 spiro atoms. The maximum atomic E-state index is 12.2. The minimum atomic E-state index is -0.152. The van der Waals surface area contributed by atoms with Crippen LogP contribution in [0.5, 0.6) is 5.75 Å². The molecule has 0 fully saturated rings. The second kappa shape index (κ2) is 10.7. The summed E-state index contributed by atoms with van der Waals surface area (Å²) >= 11 is 2.65. The molecule has 4 rings (SSSR count). The summed E-state index contributed by atoms with van der Waals surface area (Å²) in [4.78, 5) is 25.0. The van der Waals surface area contributed by atoms with Crippen LogP contribution in [-0.2, 0) is 18.4 Å². The number of carbonyl (C=O) groups is 2. The quantitative estimate of drug-likeness (QED) is 0.350. The first-order chi connectivity index (χ1) is 16.1. The molecular weight excluding hydrogens is 460 g/mol. The first kappa shape index (κ1) is 22.5. The van der Waals surface area contributed by atoms with Gasteiger partial charge in [0.1, 0.15) is 12.4 Å². The van der Waals surface area contributed by atoms with Crippen LogP contribution in [0.25, 0.3) is 0 Å². The Kier molecular flexibility index (Phi) is 7.33. The van der Waals surface area contributed by atoms with Crippen LogP contribution in [-0.4, -0.2) is 37.8 Å². The highest BCUT2D eigenvalue weighted by molar-refractivity contribution is 7.99. The Morgan fingerprint density at radius 2 is 1.91 bits per heavy atom. The summed E-state index contributed by atoms with van der Waals surface area (Å²) < 4.78 is 7.36. The van der Waals surface area contributed by atoms with E-state index in [0.717, 1.165) is 5.56 Å². The number of amides is 2. The number of aryl methyl sites for hydroxylation is 1. The van der Waals surface area contributed by atoms with E-state index in [1.165, 1.54) is 27.8 Å². The number of benzene rings is 2. The second-order valence-corrected chi connectivity index (χ2v) is 8.76. The fourth-order valence-electron chi connectivity index (χ4n) is 2.81. The monoisotopic (exact) mass is 480 g/mol. The summed E-state index contributed by atoms with van der Waals surface area (Å²) in [5.74, 6) is 0.585. The number of nitrogens with zero attached hydrogens (tertiary/aromatic N) is 4. The van der Waals surface area contributed by atoms with Crippen molar-refractivity contribution in [3.63, 3.8) is 0 Å². The lowest BCUT2D eigenvalue weighted by atomic mass is 10.2. The molecule has 2 amide bonds. The van der Waals surface area contributed by atoms with Gasteiger partial charge in [-0.05, 0) is 63.8 Å². The number of anilines is 2. The molecule has 2 N–H and O–H groups in total. The zero-order valence-corrected chi connectivity index (χ0v) is 19.2. The summed E-state index contributed by atoms with van der Waals surface area (Å²) in [7, 11) is 1.72. The third-order valence-electron chi connectivity index (χ3n) is 4.39. The summed E-state index contributed by atoms with van der Waals surface area (Å²) in [6.07, 6.45) is 0. The van der Waals surface area contributed by atoms with Crippen molar-refractivity contribution in [1.29, 1.82) is 0 Å². The molecule has 11 heteroatoms. The van der Waals surface area contributed by atoms with E-state index in [4.69, 9.17) is 4.74 Å². The maximum Gasteiger partial charge on any atom is 0.265 e. The molecule has 2 aromatic heterocycles. The molecule has 0 aliphatic carbocycles. The fraction of sp³-hybridized carbons (Fsp3) is 0.136. The molecule has 2 heterocycles. The van der Waals surface area contributed by atoms with Gasteiger partial charge in [-0.25, -0.2) is 4.68 Å². The van der Waals surface area contributed by atoms with Crippen LogP contribution in [0.3, 0.4) is 0 Å². The zero-order valence-electron chi connectivity index (χ0n) is 17.6. The summed E-state index contributed by atoms with van der Waals surface area (Å²) in [5, 5.41) is 19.3. The number of aromatic nitrogens is 4. The second-order valence-electron chi connectivity index (χ2n) is 6.87. The first-order valence-electron chi connectivity index (χ1n) is 9.88. The number of tetrazole rings is 1. The maximum absolute atomic E-state index is 12.2. The van der Waals surface area contributed by atoms with Gasteiger partial charge in [-0.15, -0.1) is 16.4 Å². The van der Waals surface area contributed by atoms with Crippen molar-refractivity contribution in [3.8, 4) is 5.75 Å². The number of thiophene rings is 1. The van der Waals surface area contributed by atoms with Crippen LogP contribution in [0, 0.1) is 0 Å². The van der Waals surface area contributed by atoms with Crippen LogP contribution in [0.1, 0.15) is 15.2 Å². The number of hydrogen-bond donors (Lipinski definition) is 2. The number of nitrogens with one attached hydrogen (secondary N) is 2. The molecule has 0 saturated carbocycles. The van der Waals surface area contributed by atoms with Crippen LogP contribution < -0.4 is 15.4 Å². The predicted molar refractivity (Wildman–Crippen MR) is 128 cm³/mol. The lowest BCUT2D eigenvalue weighted by Gasteiger charge is -2.10. The predicted octanol–water partition coefficient (Wildman–Crippen LogP) is 3.83. The van der Waals surface area contributed by atoms with Crippen molar-refractivity contribution in [3.05, 3.63) is 76.5 Å². The van der Waals surface area contributed by atoms with E-state index in [2.05, 4.69) is 26.2 Å². The van der Waals surface area contributed by atoms with Crippen LogP contribution in [0.4, 0.5) is 11.4 Å². The molecule has 9 nitrogen and oxygen atoms in total. The lowest BCUT2D eigenvalue weighted by Crippen LogP contribution is -2.14. The molecule has 0 unspecified atom stereocenters. The van der Waals surface area contributed by atoms with Crippen molar-refractivity contribution in [2.45, 2.75) is 11.8 Å². The number of rotatable bonds is 9. The molecular formula is C22H20N6O3S2. The highest BCUT2D eigenvalue weighted by Gasteiger charge is 2.09. The SMILES string of the molecule is Cn1nnnc1SCC(=O)Nc1cccc(COc2ccc(NC(=O)c3cccs3)cc2)c1. The number of hydrogen-bond acceptors (Lipinski definition) is 8. The minimum Gasteiger partial charge on any atom is -0.489 e. The van der Waals surface area contributed by atoms with E-state index in [1.54, 1.807) is 37.4 Å². The van der Waals surface area contributed by atoms with E-state index < -0.39 is 0 Å². The smallest absolute Gasteiger partial charge is 0.265 e. The average molecular weight is 481 g/mol. The van der Waals surface area contributed by atoms with Crippen LogP contribution in [0.2, 0.25) is 0 Å². The van der Waals surface area contributed by atoms with Gasteiger partial charge in [-0.1, -0.05) is 30.0 Å². The topological polar surface area (TPSA) is 111 Å². The normalized spacial score (nSPS) is 10.6. The largest absolute Gasteiger partial charge is 0.489 e. The Bertz CT molecular complexity index is 1230. The molecule has 2 aromatic carbocycles. The third-order valence-corrected chi connectivity index (χ3v) is 6.27. The van der Waals surface area contributed by atoms with Gasteiger partial charge in [0.05, 0.1) is 10.6 Å². The van der Waals surface area contributed by atoms with E-state index in [-0.39, 0.29) is 17.6 Å². The molecule has 33 heavy (non-hydrogen) atoms. The van der Waals surface area contributed by atoms with Crippen molar-refractivity contribution in [2.75, 3.05) is 16.4 Å². The Balaban J connectivity index is 1.26. The molecule has 0 aliphatic rings. The van der Waals surface area contributed by atoms with Gasteiger partial charge in [0.2, 0.25) is 11.1 Å². The number of carbonyl (C=O) groups excluding carboxylic acids is 2. The summed E-state index contributed by atoms with van der Waals surface area (Å²) in [6, 6.07) is 18.3. The molecule has 0 radical (unpaired) electrons. The van der Waals surface area contributed by atoms with Crippen LogP contribution in [0.15, 0.2) is 71.2 Å². The van der Waals surface area contributed by atoms with Crippen molar-refractivity contribution in [1.82, 2.24) is 20.2 Å². The molecule has 0 aliphatic heterocycles. The molecule has 4 aromatic rings. The molecule has 168 valence electrons. The van der Waals surface area contributed by atoms with Crippen molar-refractivity contribution >= 4 is 46.3 Å². The van der Waals surface area contributed by atoms with E-state index >= 15 is 0 Å². The van der Waals surface area contributed by atoms with E-state index in [9.17, 15) is 9.59 Å². The fourth-order valence-corrected chi connectivity index (χ4v) is 4.08. The van der Waals surface area contributed by atoms with Gasteiger partial charge in [0, 0.05) is 18.4 Å². The Morgan fingerprint density at radius 3 is 2.64 bits per heavy atom. The zero-order chi connectivity index (χ0) is 23.0. The Hall–Kier alpha value is -3.70. The van der Waals surface area contributed by atoms with Gasteiger partial charge in [0.15, 0.2) is 0 Å². The van der Waals surface area contributed by atoms with Gasteiger partial charge >= 0.3 is 0 Å². The third kappa shape index (κ3) is 6.40. The molecule has 0 atom stereocenters. The lowest BCUT2D eigenvalue weighted by molar-refractivity contribution is -0.113. The van der Waals surface area contributed by atoms with Crippen molar-refractivity contribution < 1.29 is 14.3 Å². The minimum absolute atomic E-state index is 0.135. The van der Waals surface area contributed by atoms with Crippen LogP contribution >= 0.6 is 23.1 Å². The number of thioether (sulfide) groups is 1. The summed E-state index contributed by atoms with van der Waals surface area (Å²) in [6.45, 7) is 0.337. The first-order valence-corrected chi connectivity index (χ1v) is 11.7. The molecule has 0 saturated heterocycles. The van der Waals surface area contributed by atoms with Crippen molar-refractivity contribution in [2.24, 2.45) is 7.05 Å². The van der Waals surface area contributed by atoms with E-state index in [0.29, 0.717) is 33.8 Å². The van der Waals surface area contributed by atoms with Gasteiger partial charge in [-0.3, -0.25) is 9.59 Å². The highest BCUT2D eigenvalue weighted by Crippen LogP contribution is 2.20. The Labute approximate surface area is 198 Å². The molecule has 0 bridgehead atoms. The average Bonchev–Trinajstić information content (AvgIpc) is 3.50.